The second-order valence-corrected chi connectivity index (χ2v) is 5.03. The first-order valence-corrected chi connectivity index (χ1v) is 6.62. The van der Waals surface area contributed by atoms with E-state index in [4.69, 9.17) is 5.11 Å². The van der Waals surface area contributed by atoms with E-state index < -0.39 is 5.97 Å². The SMILES string of the molecule is Cc1nc2scc(-c3ccncc3)n2c1CC(=O)O. The maximum atomic E-state index is 11.0. The summed E-state index contributed by atoms with van der Waals surface area (Å²) in [5.74, 6) is -0.850. The number of thiazole rings is 1. The lowest BCUT2D eigenvalue weighted by atomic mass is 10.2. The monoisotopic (exact) mass is 273 g/mol. The smallest absolute Gasteiger partial charge is 0.309 e. The summed E-state index contributed by atoms with van der Waals surface area (Å²) >= 11 is 1.51. The molecule has 0 radical (unpaired) electrons. The van der Waals surface area contributed by atoms with Gasteiger partial charge in [0, 0.05) is 23.3 Å². The van der Waals surface area contributed by atoms with Gasteiger partial charge in [0.1, 0.15) is 0 Å². The molecule has 0 fully saturated rings. The van der Waals surface area contributed by atoms with E-state index in [1.807, 2.05) is 28.8 Å². The third kappa shape index (κ3) is 2.00. The predicted octanol–water partition coefficient (Wildman–Crippen LogP) is 2.39. The molecule has 0 saturated carbocycles. The largest absolute Gasteiger partial charge is 0.481 e. The van der Waals surface area contributed by atoms with Crippen LogP contribution in [-0.4, -0.2) is 25.4 Å². The molecule has 5 nitrogen and oxygen atoms in total. The van der Waals surface area contributed by atoms with Gasteiger partial charge in [0.15, 0.2) is 4.96 Å². The van der Waals surface area contributed by atoms with Crippen LogP contribution in [0.1, 0.15) is 11.4 Å². The molecule has 0 aliphatic carbocycles. The summed E-state index contributed by atoms with van der Waals surface area (Å²) in [6, 6.07) is 3.81. The van der Waals surface area contributed by atoms with Crippen molar-refractivity contribution in [3.8, 4) is 11.3 Å². The predicted molar refractivity (Wildman–Crippen MR) is 72.4 cm³/mol. The van der Waals surface area contributed by atoms with Crippen molar-refractivity contribution in [3.63, 3.8) is 0 Å². The maximum absolute atomic E-state index is 11.0. The molecule has 0 saturated heterocycles. The van der Waals surface area contributed by atoms with Crippen LogP contribution in [-0.2, 0) is 11.2 Å². The van der Waals surface area contributed by atoms with Crippen LogP contribution in [0.3, 0.4) is 0 Å². The average molecular weight is 273 g/mol. The minimum atomic E-state index is -0.850. The minimum absolute atomic E-state index is 0.0260. The van der Waals surface area contributed by atoms with Gasteiger partial charge in [0.25, 0.3) is 0 Å². The number of pyridine rings is 1. The van der Waals surface area contributed by atoms with E-state index in [1.165, 1.54) is 11.3 Å². The Balaban J connectivity index is 2.24. The van der Waals surface area contributed by atoms with Gasteiger partial charge in [-0.15, -0.1) is 11.3 Å². The van der Waals surface area contributed by atoms with Gasteiger partial charge in [-0.2, -0.15) is 0 Å². The maximum Gasteiger partial charge on any atom is 0.309 e. The van der Waals surface area contributed by atoms with E-state index in [2.05, 4.69) is 9.97 Å². The normalized spacial score (nSPS) is 11.0. The molecule has 19 heavy (non-hydrogen) atoms. The Hall–Kier alpha value is -2.21. The number of aryl methyl sites for hydroxylation is 1. The van der Waals surface area contributed by atoms with Gasteiger partial charge in [-0.05, 0) is 19.1 Å². The topological polar surface area (TPSA) is 67.5 Å². The third-order valence-corrected chi connectivity index (χ3v) is 3.78. The fourth-order valence-electron chi connectivity index (χ4n) is 2.09. The Morgan fingerprint density at radius 3 is 2.84 bits per heavy atom. The van der Waals surface area contributed by atoms with E-state index in [0.717, 1.165) is 27.6 Å². The Morgan fingerprint density at radius 2 is 2.16 bits per heavy atom. The molecule has 3 aromatic rings. The van der Waals surface area contributed by atoms with E-state index in [-0.39, 0.29) is 6.42 Å². The Labute approximate surface area is 113 Å². The number of rotatable bonds is 3. The van der Waals surface area contributed by atoms with Crippen molar-refractivity contribution in [2.24, 2.45) is 0 Å². The molecule has 0 amide bonds. The van der Waals surface area contributed by atoms with E-state index in [1.54, 1.807) is 12.4 Å². The molecule has 1 N–H and O–H groups in total. The van der Waals surface area contributed by atoms with Crippen molar-refractivity contribution in [2.45, 2.75) is 13.3 Å². The molecule has 3 rings (SSSR count). The lowest BCUT2D eigenvalue weighted by molar-refractivity contribution is -0.136. The van der Waals surface area contributed by atoms with Gasteiger partial charge >= 0.3 is 5.97 Å². The summed E-state index contributed by atoms with van der Waals surface area (Å²) in [6.45, 7) is 1.84. The van der Waals surface area contributed by atoms with Crippen LogP contribution < -0.4 is 0 Å². The second kappa shape index (κ2) is 4.47. The highest BCUT2D eigenvalue weighted by molar-refractivity contribution is 7.15. The number of aliphatic carboxylic acids is 1. The van der Waals surface area contributed by atoms with Gasteiger partial charge in [-0.25, -0.2) is 4.98 Å². The van der Waals surface area contributed by atoms with Crippen LogP contribution in [0.4, 0.5) is 0 Å². The number of carboxylic acids is 1. The van der Waals surface area contributed by atoms with Crippen LogP contribution in [0.5, 0.6) is 0 Å². The van der Waals surface area contributed by atoms with E-state index in [9.17, 15) is 4.79 Å². The van der Waals surface area contributed by atoms with Crippen LogP contribution >= 0.6 is 11.3 Å². The number of fused-ring (bicyclic) bond motifs is 1. The Bertz CT molecular complexity index is 746. The molecule has 0 atom stereocenters. The van der Waals surface area contributed by atoms with Crippen molar-refractivity contribution >= 4 is 22.3 Å². The quantitative estimate of drug-likeness (QED) is 0.795. The third-order valence-electron chi connectivity index (χ3n) is 2.95. The number of imidazole rings is 1. The van der Waals surface area contributed by atoms with Crippen molar-refractivity contribution < 1.29 is 9.90 Å². The molecule has 0 spiro atoms. The van der Waals surface area contributed by atoms with Crippen LogP contribution in [0.25, 0.3) is 16.2 Å². The molecular weight excluding hydrogens is 262 g/mol. The molecule has 0 aromatic carbocycles. The first-order valence-electron chi connectivity index (χ1n) is 5.74. The number of hydrogen-bond donors (Lipinski definition) is 1. The van der Waals surface area contributed by atoms with Gasteiger partial charge in [0.05, 0.1) is 23.5 Å². The Kier molecular flexibility index (Phi) is 2.79. The highest BCUT2D eigenvalue weighted by Crippen LogP contribution is 2.28. The van der Waals surface area contributed by atoms with Crippen molar-refractivity contribution in [2.75, 3.05) is 0 Å². The number of carboxylic acid groups (broad SMARTS) is 1. The molecule has 6 heteroatoms. The van der Waals surface area contributed by atoms with Crippen LogP contribution in [0.15, 0.2) is 29.9 Å². The number of aromatic nitrogens is 3. The summed E-state index contributed by atoms with van der Waals surface area (Å²) < 4.78 is 1.92. The summed E-state index contributed by atoms with van der Waals surface area (Å²) in [6.07, 6.45) is 3.42. The number of carbonyl (C=O) groups is 1. The molecule has 0 bridgehead atoms. The van der Waals surface area contributed by atoms with Gasteiger partial charge in [0.2, 0.25) is 0 Å². The Morgan fingerprint density at radius 1 is 1.42 bits per heavy atom. The van der Waals surface area contributed by atoms with Gasteiger partial charge < -0.3 is 5.11 Å². The average Bonchev–Trinajstić information content (AvgIpc) is 2.91. The van der Waals surface area contributed by atoms with Crippen molar-refractivity contribution in [1.82, 2.24) is 14.4 Å². The lowest BCUT2D eigenvalue weighted by Crippen LogP contribution is -2.05. The molecule has 3 heterocycles. The zero-order valence-corrected chi connectivity index (χ0v) is 11.0. The summed E-state index contributed by atoms with van der Waals surface area (Å²) in [5, 5.41) is 11.0. The fraction of sp³-hybridized carbons (Fsp3) is 0.154. The fourth-order valence-corrected chi connectivity index (χ4v) is 3.06. The molecule has 96 valence electrons. The molecule has 0 aliphatic rings. The van der Waals surface area contributed by atoms with Crippen LogP contribution in [0, 0.1) is 6.92 Å². The second-order valence-electron chi connectivity index (χ2n) is 4.19. The minimum Gasteiger partial charge on any atom is -0.481 e. The highest BCUT2D eigenvalue weighted by Gasteiger charge is 2.17. The molecular formula is C13H11N3O2S. The highest BCUT2D eigenvalue weighted by atomic mass is 32.1. The summed E-state index contributed by atoms with van der Waals surface area (Å²) in [4.78, 5) is 20.2. The van der Waals surface area contributed by atoms with Gasteiger partial charge in [-0.1, -0.05) is 0 Å². The first kappa shape index (κ1) is 11.9. The van der Waals surface area contributed by atoms with Crippen LogP contribution in [0.2, 0.25) is 0 Å². The number of hydrogen-bond acceptors (Lipinski definition) is 4. The lowest BCUT2D eigenvalue weighted by Gasteiger charge is -2.03. The summed E-state index contributed by atoms with van der Waals surface area (Å²) in [5.41, 5.74) is 3.46. The first-order chi connectivity index (χ1) is 9.16. The molecule has 3 aromatic heterocycles. The van der Waals surface area contributed by atoms with Crippen molar-refractivity contribution in [1.29, 1.82) is 0 Å². The zero-order chi connectivity index (χ0) is 13.4. The van der Waals surface area contributed by atoms with Crippen molar-refractivity contribution in [3.05, 3.63) is 41.3 Å². The zero-order valence-electron chi connectivity index (χ0n) is 10.2. The molecule has 0 unspecified atom stereocenters. The standard InChI is InChI=1S/C13H11N3O2S/c1-8-10(6-12(17)18)16-11(7-19-13(16)15-8)9-2-4-14-5-3-9/h2-5,7H,6H2,1H3,(H,17,18). The number of nitrogens with zero attached hydrogens (tertiary/aromatic N) is 3. The van der Waals surface area contributed by atoms with E-state index in [0.29, 0.717) is 0 Å². The van der Waals surface area contributed by atoms with Gasteiger partial charge in [-0.3, -0.25) is 14.2 Å². The summed E-state index contributed by atoms with van der Waals surface area (Å²) in [7, 11) is 0. The van der Waals surface area contributed by atoms with E-state index >= 15 is 0 Å². The molecule has 0 aliphatic heterocycles.